The lowest BCUT2D eigenvalue weighted by Crippen LogP contribution is -3.19. The Hall–Kier alpha value is -1.59. The molecule has 5 nitrogen and oxygen atoms in total. The first-order valence-corrected chi connectivity index (χ1v) is 7.51. The number of hydrogen-bond acceptors (Lipinski definition) is 2. The van der Waals surface area contributed by atoms with Crippen LogP contribution in [0.3, 0.4) is 0 Å². The van der Waals surface area contributed by atoms with Crippen LogP contribution in [-0.4, -0.2) is 48.9 Å². The molecule has 6 heteroatoms. The van der Waals surface area contributed by atoms with E-state index < -0.39 is 0 Å². The molecule has 0 bridgehead atoms. The molecule has 1 atom stereocenters. The van der Waals surface area contributed by atoms with E-state index in [1.54, 1.807) is 31.2 Å². The molecule has 0 saturated carbocycles. The Labute approximate surface area is 129 Å². The molecule has 0 radical (unpaired) electrons. The minimum Gasteiger partial charge on any atom is -0.332 e. The largest absolute Gasteiger partial charge is 0.332 e. The third kappa shape index (κ3) is 4.19. The first-order chi connectivity index (χ1) is 9.97. The number of rotatable bonds is 3. The molecule has 21 heavy (non-hydrogen) atoms. The Morgan fingerprint density at radius 1 is 1.24 bits per heavy atom. The molecule has 0 aliphatic carbocycles. The van der Waals surface area contributed by atoms with Crippen LogP contribution < -0.4 is 10.2 Å². The zero-order valence-electron chi connectivity index (χ0n) is 12.4. The summed E-state index contributed by atoms with van der Waals surface area (Å²) in [6, 6.07) is 6.93. The van der Waals surface area contributed by atoms with E-state index in [0.717, 1.165) is 18.8 Å². The Balaban J connectivity index is 1.88. The summed E-state index contributed by atoms with van der Waals surface area (Å²) in [6.45, 7) is 6.53. The molecule has 1 aromatic carbocycles. The minimum absolute atomic E-state index is 0.0106. The van der Waals surface area contributed by atoms with Crippen molar-refractivity contribution >= 4 is 29.1 Å². The van der Waals surface area contributed by atoms with Gasteiger partial charge in [0.2, 0.25) is 5.91 Å². The van der Waals surface area contributed by atoms with E-state index >= 15 is 0 Å². The summed E-state index contributed by atoms with van der Waals surface area (Å²) < 4.78 is 0. The monoisotopic (exact) mass is 310 g/mol. The zero-order valence-corrected chi connectivity index (χ0v) is 13.1. The second-order valence-corrected chi connectivity index (χ2v) is 5.82. The van der Waals surface area contributed by atoms with Gasteiger partial charge < -0.3 is 15.1 Å². The molecule has 1 aliphatic heterocycles. The second-order valence-electron chi connectivity index (χ2n) is 5.38. The summed E-state index contributed by atoms with van der Waals surface area (Å²) in [6.07, 6.45) is 0. The van der Waals surface area contributed by atoms with Gasteiger partial charge in [-0.25, -0.2) is 0 Å². The summed E-state index contributed by atoms with van der Waals surface area (Å²) in [5.41, 5.74) is 0.748. The van der Waals surface area contributed by atoms with Gasteiger partial charge in [-0.05, 0) is 31.2 Å². The summed E-state index contributed by atoms with van der Waals surface area (Å²) in [5.74, 6) is 0.0934. The number of piperazine rings is 1. The number of halogens is 1. The molecule has 0 unspecified atom stereocenters. The van der Waals surface area contributed by atoms with Gasteiger partial charge in [-0.15, -0.1) is 0 Å². The number of benzene rings is 1. The van der Waals surface area contributed by atoms with Gasteiger partial charge in [0.05, 0.1) is 26.2 Å². The predicted octanol–water partition coefficient (Wildman–Crippen LogP) is 0.414. The maximum Gasteiger partial charge on any atom is 0.282 e. The van der Waals surface area contributed by atoms with Crippen LogP contribution in [-0.2, 0) is 9.59 Å². The summed E-state index contributed by atoms with van der Waals surface area (Å²) >= 11 is 5.82. The third-order valence-electron chi connectivity index (χ3n) is 3.97. The van der Waals surface area contributed by atoms with Crippen molar-refractivity contribution in [1.82, 2.24) is 4.90 Å². The number of carbonyl (C=O) groups excluding carboxylic acids is 2. The van der Waals surface area contributed by atoms with E-state index in [1.807, 2.05) is 11.8 Å². The number of nitrogens with zero attached hydrogens (tertiary/aromatic N) is 1. The molecule has 1 saturated heterocycles. The van der Waals surface area contributed by atoms with Crippen molar-refractivity contribution in [2.75, 3.05) is 31.5 Å². The minimum atomic E-state index is -0.144. The highest BCUT2D eigenvalue weighted by Crippen LogP contribution is 2.13. The van der Waals surface area contributed by atoms with Crippen LogP contribution in [0.2, 0.25) is 5.02 Å². The van der Waals surface area contributed by atoms with Gasteiger partial charge in [-0.1, -0.05) is 11.6 Å². The molecule has 2 N–H and O–H groups in total. The van der Waals surface area contributed by atoms with Crippen LogP contribution in [0.25, 0.3) is 0 Å². The quantitative estimate of drug-likeness (QED) is 0.850. The number of nitrogens with one attached hydrogen (secondary N) is 2. The number of anilines is 1. The number of carbonyl (C=O) groups is 2. The van der Waals surface area contributed by atoms with E-state index in [2.05, 4.69) is 5.32 Å². The first kappa shape index (κ1) is 15.8. The molecule has 0 spiro atoms. The first-order valence-electron chi connectivity index (χ1n) is 7.14. The topological polar surface area (TPSA) is 53.9 Å². The van der Waals surface area contributed by atoms with Crippen molar-refractivity contribution in [3.8, 4) is 0 Å². The molecule has 114 valence electrons. The van der Waals surface area contributed by atoms with E-state index in [4.69, 9.17) is 11.6 Å². The molecule has 1 aromatic rings. The van der Waals surface area contributed by atoms with Crippen molar-refractivity contribution in [2.24, 2.45) is 0 Å². The number of quaternary nitrogens is 1. The van der Waals surface area contributed by atoms with Crippen LogP contribution in [0.5, 0.6) is 0 Å². The highest BCUT2D eigenvalue weighted by Gasteiger charge is 2.29. The second kappa shape index (κ2) is 6.91. The van der Waals surface area contributed by atoms with Crippen LogP contribution in [0.1, 0.15) is 13.8 Å². The molecule has 0 aromatic heterocycles. The number of amides is 2. The van der Waals surface area contributed by atoms with E-state index in [1.165, 1.54) is 4.90 Å². The van der Waals surface area contributed by atoms with Gasteiger partial charge in [0.25, 0.3) is 5.91 Å². The summed E-state index contributed by atoms with van der Waals surface area (Å²) in [7, 11) is 0. The SMILES string of the molecule is CC(=O)N1CC[NH+]([C@H](C)C(=O)Nc2ccc(Cl)cc2)CC1. The number of hydrogen-bond donors (Lipinski definition) is 2. The van der Waals surface area contributed by atoms with Crippen molar-refractivity contribution < 1.29 is 14.5 Å². The molecule has 1 heterocycles. The molecular formula is C15H21ClN3O2+. The van der Waals surface area contributed by atoms with Gasteiger partial charge in [-0.2, -0.15) is 0 Å². The standard InChI is InChI=1S/C15H20ClN3O2/c1-11(18-7-9-19(10-8-18)12(2)20)15(21)17-14-5-3-13(16)4-6-14/h3-6,11H,7-10H2,1-2H3,(H,17,21)/p+1/t11-/m1/s1. The molecule has 1 fully saturated rings. The van der Waals surface area contributed by atoms with Gasteiger partial charge in [0.1, 0.15) is 0 Å². The highest BCUT2D eigenvalue weighted by molar-refractivity contribution is 6.30. The average molecular weight is 311 g/mol. The van der Waals surface area contributed by atoms with Gasteiger partial charge in [-0.3, -0.25) is 9.59 Å². The highest BCUT2D eigenvalue weighted by atomic mass is 35.5. The average Bonchev–Trinajstić information content (AvgIpc) is 2.49. The molecule has 2 rings (SSSR count). The van der Waals surface area contributed by atoms with Crippen molar-refractivity contribution in [3.05, 3.63) is 29.3 Å². The fraction of sp³-hybridized carbons (Fsp3) is 0.467. The van der Waals surface area contributed by atoms with E-state index in [-0.39, 0.29) is 17.9 Å². The summed E-state index contributed by atoms with van der Waals surface area (Å²) in [5, 5.41) is 3.55. The predicted molar refractivity (Wildman–Crippen MR) is 82.5 cm³/mol. The Kier molecular flexibility index (Phi) is 5.20. The van der Waals surface area contributed by atoms with E-state index in [9.17, 15) is 9.59 Å². The maximum atomic E-state index is 12.3. The third-order valence-corrected chi connectivity index (χ3v) is 4.22. The smallest absolute Gasteiger partial charge is 0.282 e. The van der Waals surface area contributed by atoms with Crippen molar-refractivity contribution in [2.45, 2.75) is 19.9 Å². The van der Waals surface area contributed by atoms with Crippen molar-refractivity contribution in [1.29, 1.82) is 0 Å². The van der Waals surface area contributed by atoms with Crippen molar-refractivity contribution in [3.63, 3.8) is 0 Å². The van der Waals surface area contributed by atoms with Gasteiger partial charge in [0.15, 0.2) is 6.04 Å². The van der Waals surface area contributed by atoms with Crippen LogP contribution in [0, 0.1) is 0 Å². The molecular weight excluding hydrogens is 290 g/mol. The Morgan fingerprint density at radius 2 is 1.81 bits per heavy atom. The normalized spacial score (nSPS) is 17.4. The van der Waals surface area contributed by atoms with Crippen LogP contribution >= 0.6 is 11.6 Å². The van der Waals surface area contributed by atoms with E-state index in [0.29, 0.717) is 18.1 Å². The Morgan fingerprint density at radius 3 is 2.33 bits per heavy atom. The lowest BCUT2D eigenvalue weighted by atomic mass is 10.2. The van der Waals surface area contributed by atoms with Crippen LogP contribution in [0.4, 0.5) is 5.69 Å². The maximum absolute atomic E-state index is 12.3. The summed E-state index contributed by atoms with van der Waals surface area (Å²) in [4.78, 5) is 26.6. The lowest BCUT2D eigenvalue weighted by Gasteiger charge is -2.34. The zero-order chi connectivity index (χ0) is 15.4. The Bertz CT molecular complexity index is 510. The lowest BCUT2D eigenvalue weighted by molar-refractivity contribution is -0.917. The van der Waals surface area contributed by atoms with Crippen LogP contribution in [0.15, 0.2) is 24.3 Å². The fourth-order valence-electron chi connectivity index (χ4n) is 2.51. The van der Waals surface area contributed by atoms with Gasteiger partial charge >= 0.3 is 0 Å². The fourth-order valence-corrected chi connectivity index (χ4v) is 2.64. The molecule has 2 amide bonds. The molecule has 1 aliphatic rings. The van der Waals surface area contributed by atoms with Gasteiger partial charge in [0, 0.05) is 17.6 Å².